The van der Waals surface area contributed by atoms with Gasteiger partial charge in [0.05, 0.1) is 6.20 Å². The van der Waals surface area contributed by atoms with Crippen LogP contribution in [-0.2, 0) is 5.41 Å². The summed E-state index contributed by atoms with van der Waals surface area (Å²) in [6.45, 7) is 6.06. The lowest BCUT2D eigenvalue weighted by Crippen LogP contribution is -2.24. The molecule has 0 atom stereocenters. The van der Waals surface area contributed by atoms with Crippen molar-refractivity contribution in [2.75, 3.05) is 0 Å². The zero-order chi connectivity index (χ0) is 9.35. The van der Waals surface area contributed by atoms with Gasteiger partial charge in [0.1, 0.15) is 0 Å². The van der Waals surface area contributed by atoms with Gasteiger partial charge in [0.2, 0.25) is 0 Å². The lowest BCUT2D eigenvalue weighted by Gasteiger charge is -2.18. The topological polar surface area (TPSA) is 61.9 Å². The first-order valence-electron chi connectivity index (χ1n) is 3.74. The molecule has 12 heavy (non-hydrogen) atoms. The highest BCUT2D eigenvalue weighted by Gasteiger charge is 2.14. The molecule has 0 aliphatic carbocycles. The minimum absolute atomic E-state index is 0.0504. The molecular formula is C8H13N3O. The summed E-state index contributed by atoms with van der Waals surface area (Å²) < 4.78 is 0.723. The van der Waals surface area contributed by atoms with Gasteiger partial charge in [-0.3, -0.25) is 5.41 Å². The first kappa shape index (κ1) is 8.77. The van der Waals surface area contributed by atoms with Crippen LogP contribution in [0.4, 0.5) is 0 Å². The van der Waals surface area contributed by atoms with Crippen molar-refractivity contribution < 1.29 is 5.21 Å². The second kappa shape index (κ2) is 2.62. The van der Waals surface area contributed by atoms with Crippen LogP contribution >= 0.6 is 0 Å². The third kappa shape index (κ3) is 1.64. The largest absolute Gasteiger partial charge is 0.425 e. The Morgan fingerprint density at radius 3 is 2.50 bits per heavy atom. The number of aromatic nitrogens is 2. The average Bonchev–Trinajstić information content (AvgIpc) is 1.92. The van der Waals surface area contributed by atoms with Crippen molar-refractivity contribution in [1.29, 1.82) is 5.41 Å². The average molecular weight is 167 g/mol. The van der Waals surface area contributed by atoms with Crippen LogP contribution in [-0.4, -0.2) is 14.9 Å². The van der Waals surface area contributed by atoms with E-state index in [0.29, 0.717) is 0 Å². The van der Waals surface area contributed by atoms with Crippen molar-refractivity contribution in [1.82, 2.24) is 9.71 Å². The second-order valence-corrected chi connectivity index (χ2v) is 3.76. The van der Waals surface area contributed by atoms with E-state index in [0.717, 1.165) is 10.3 Å². The summed E-state index contributed by atoms with van der Waals surface area (Å²) in [6, 6.07) is 0. The highest BCUT2D eigenvalue weighted by molar-refractivity contribution is 5.13. The van der Waals surface area contributed by atoms with Crippen molar-refractivity contribution in [3.05, 3.63) is 23.6 Å². The third-order valence-electron chi connectivity index (χ3n) is 1.67. The normalized spacial score (nSPS) is 11.6. The summed E-state index contributed by atoms with van der Waals surface area (Å²) in [6.07, 6.45) is 3.12. The van der Waals surface area contributed by atoms with Gasteiger partial charge >= 0.3 is 0 Å². The maximum Gasteiger partial charge on any atom is 0.255 e. The van der Waals surface area contributed by atoms with E-state index in [2.05, 4.69) is 4.98 Å². The van der Waals surface area contributed by atoms with Crippen LogP contribution in [0.5, 0.6) is 0 Å². The van der Waals surface area contributed by atoms with Crippen LogP contribution in [0, 0.1) is 5.41 Å². The zero-order valence-corrected chi connectivity index (χ0v) is 7.50. The Balaban J connectivity index is 3.23. The molecule has 4 heteroatoms. The summed E-state index contributed by atoms with van der Waals surface area (Å²) in [7, 11) is 0. The first-order valence-corrected chi connectivity index (χ1v) is 3.74. The first-order chi connectivity index (χ1) is 5.41. The van der Waals surface area contributed by atoms with Crippen LogP contribution in [0.3, 0.4) is 0 Å². The monoisotopic (exact) mass is 167 g/mol. The predicted molar refractivity (Wildman–Crippen MR) is 44.0 cm³/mol. The summed E-state index contributed by atoms with van der Waals surface area (Å²) in [4.78, 5) is 3.72. The molecule has 1 aromatic rings. The number of hydrogen-bond donors (Lipinski definition) is 2. The van der Waals surface area contributed by atoms with Gasteiger partial charge in [-0.2, -0.15) is 4.73 Å². The molecule has 0 radical (unpaired) electrons. The quantitative estimate of drug-likeness (QED) is 0.564. The van der Waals surface area contributed by atoms with E-state index in [-0.39, 0.29) is 11.0 Å². The van der Waals surface area contributed by atoms with E-state index in [1.165, 1.54) is 6.20 Å². The number of nitrogens with one attached hydrogen (secondary N) is 1. The summed E-state index contributed by atoms with van der Waals surface area (Å²) in [5.74, 6) is 0. The van der Waals surface area contributed by atoms with E-state index in [1.807, 2.05) is 20.8 Å². The fourth-order valence-electron chi connectivity index (χ4n) is 0.803. The summed E-state index contributed by atoms with van der Waals surface area (Å²) in [5, 5.41) is 16.3. The molecule has 2 N–H and O–H groups in total. The van der Waals surface area contributed by atoms with E-state index in [9.17, 15) is 0 Å². The van der Waals surface area contributed by atoms with Crippen molar-refractivity contribution in [3.8, 4) is 0 Å². The van der Waals surface area contributed by atoms with E-state index < -0.39 is 0 Å². The Labute approximate surface area is 71.0 Å². The maximum atomic E-state index is 9.13. The Kier molecular flexibility index (Phi) is 1.92. The van der Waals surface area contributed by atoms with Gasteiger partial charge in [-0.1, -0.05) is 20.8 Å². The third-order valence-corrected chi connectivity index (χ3v) is 1.67. The molecule has 0 aliphatic heterocycles. The number of rotatable bonds is 0. The summed E-state index contributed by atoms with van der Waals surface area (Å²) >= 11 is 0. The number of nitrogens with zero attached hydrogens (tertiary/aromatic N) is 2. The zero-order valence-electron chi connectivity index (χ0n) is 7.50. The molecular weight excluding hydrogens is 154 g/mol. The SMILES string of the molecule is CC(C)(C)c1cnc(=N)n(O)c1. The van der Waals surface area contributed by atoms with Crippen LogP contribution in [0.2, 0.25) is 0 Å². The van der Waals surface area contributed by atoms with Crippen molar-refractivity contribution in [3.63, 3.8) is 0 Å². The molecule has 66 valence electrons. The van der Waals surface area contributed by atoms with Crippen LogP contribution in [0.25, 0.3) is 0 Å². The Bertz CT molecular complexity index is 335. The Hall–Kier alpha value is -1.32. The van der Waals surface area contributed by atoms with Crippen molar-refractivity contribution in [2.45, 2.75) is 26.2 Å². The fourth-order valence-corrected chi connectivity index (χ4v) is 0.803. The molecule has 0 saturated carbocycles. The van der Waals surface area contributed by atoms with Crippen molar-refractivity contribution in [2.24, 2.45) is 0 Å². The van der Waals surface area contributed by atoms with Crippen LogP contribution in [0.15, 0.2) is 12.4 Å². The lowest BCUT2D eigenvalue weighted by molar-refractivity contribution is 0.163. The molecule has 0 saturated heterocycles. The van der Waals surface area contributed by atoms with Gasteiger partial charge in [0.15, 0.2) is 0 Å². The van der Waals surface area contributed by atoms with Crippen LogP contribution in [0.1, 0.15) is 26.3 Å². The molecule has 0 amide bonds. The van der Waals surface area contributed by atoms with Crippen molar-refractivity contribution >= 4 is 0 Å². The summed E-state index contributed by atoms with van der Waals surface area (Å²) in [5.41, 5.74) is 0.703. The highest BCUT2D eigenvalue weighted by Crippen LogP contribution is 2.19. The minimum Gasteiger partial charge on any atom is -0.425 e. The Morgan fingerprint density at radius 1 is 1.50 bits per heavy atom. The highest BCUT2D eigenvalue weighted by atomic mass is 16.5. The second-order valence-electron chi connectivity index (χ2n) is 3.76. The Morgan fingerprint density at radius 2 is 2.08 bits per heavy atom. The molecule has 4 nitrogen and oxygen atoms in total. The maximum absolute atomic E-state index is 9.13. The molecule has 1 heterocycles. The molecule has 0 aliphatic rings. The smallest absolute Gasteiger partial charge is 0.255 e. The van der Waals surface area contributed by atoms with E-state index in [1.54, 1.807) is 6.20 Å². The van der Waals surface area contributed by atoms with E-state index in [4.69, 9.17) is 10.6 Å². The number of hydrogen-bond acceptors (Lipinski definition) is 3. The fraction of sp³-hybridized carbons (Fsp3) is 0.500. The van der Waals surface area contributed by atoms with Gasteiger partial charge in [0, 0.05) is 6.20 Å². The van der Waals surface area contributed by atoms with Gasteiger partial charge < -0.3 is 5.21 Å². The predicted octanol–water partition coefficient (Wildman–Crippen LogP) is 0.897. The van der Waals surface area contributed by atoms with Gasteiger partial charge in [-0.05, 0) is 11.0 Å². The van der Waals surface area contributed by atoms with E-state index >= 15 is 0 Å². The minimum atomic E-state index is -0.150. The molecule has 0 bridgehead atoms. The molecule has 1 aromatic heterocycles. The molecule has 0 aromatic carbocycles. The van der Waals surface area contributed by atoms with Gasteiger partial charge in [0.25, 0.3) is 5.62 Å². The van der Waals surface area contributed by atoms with Gasteiger partial charge in [-0.25, -0.2) is 4.98 Å². The molecule has 0 unspecified atom stereocenters. The molecule has 1 rings (SSSR count). The van der Waals surface area contributed by atoms with Gasteiger partial charge in [-0.15, -0.1) is 0 Å². The lowest BCUT2D eigenvalue weighted by atomic mass is 9.89. The standard InChI is InChI=1S/C8H13N3O/c1-8(2,3)6-4-10-7(9)11(12)5-6/h4-5,9,12H,1-3H3. The van der Waals surface area contributed by atoms with Crippen LogP contribution < -0.4 is 5.62 Å². The molecule has 0 spiro atoms. The molecule has 0 fully saturated rings.